The summed E-state index contributed by atoms with van der Waals surface area (Å²) in [7, 11) is 0. The minimum atomic E-state index is 1.08. The fourth-order valence-corrected chi connectivity index (χ4v) is 2.37. The molecule has 3 aromatic carbocycles. The maximum absolute atomic E-state index is 3.89. The third kappa shape index (κ3) is 5.55. The third-order valence-electron chi connectivity index (χ3n) is 3.55. The smallest absolute Gasteiger partial charge is 0.0161 e. The molecule has 124 valence electrons. The first-order valence-corrected chi connectivity index (χ1v) is 8.44. The number of aryl methyl sites for hydroxylation is 1. The topological polar surface area (TPSA) is 0 Å². The van der Waals surface area contributed by atoms with Gasteiger partial charge in [-0.15, -0.1) is 0 Å². The van der Waals surface area contributed by atoms with Crippen LogP contribution in [0.3, 0.4) is 0 Å². The molecule has 0 fully saturated rings. The zero-order chi connectivity index (χ0) is 17.9. The summed E-state index contributed by atoms with van der Waals surface area (Å²) in [6.07, 6.45) is 1.85. The molecular formula is C24H28. The van der Waals surface area contributed by atoms with Crippen LogP contribution in [0.2, 0.25) is 0 Å². The molecule has 0 aliphatic carbocycles. The second kappa shape index (κ2) is 10.2. The molecule has 0 spiro atoms. The summed E-state index contributed by atoms with van der Waals surface area (Å²) in [5, 5.41) is 2.64. The highest BCUT2D eigenvalue weighted by Crippen LogP contribution is 2.17. The molecule has 0 N–H and O–H groups in total. The van der Waals surface area contributed by atoms with E-state index in [0.717, 1.165) is 11.1 Å². The molecule has 0 radical (unpaired) electrons. The van der Waals surface area contributed by atoms with Crippen molar-refractivity contribution in [3.63, 3.8) is 0 Å². The lowest BCUT2D eigenvalue weighted by atomic mass is 10.0. The highest BCUT2D eigenvalue weighted by atomic mass is 14.0. The Morgan fingerprint density at radius 3 is 2.00 bits per heavy atom. The van der Waals surface area contributed by atoms with E-state index in [1.165, 1.54) is 21.9 Å². The summed E-state index contributed by atoms with van der Waals surface area (Å²) in [5.41, 5.74) is 4.74. The molecule has 0 unspecified atom stereocenters. The molecule has 0 amide bonds. The van der Waals surface area contributed by atoms with Gasteiger partial charge in [-0.1, -0.05) is 111 Å². The third-order valence-corrected chi connectivity index (χ3v) is 3.55. The van der Waals surface area contributed by atoms with E-state index in [9.17, 15) is 0 Å². The van der Waals surface area contributed by atoms with Gasteiger partial charge in [-0.3, -0.25) is 0 Å². The average Bonchev–Trinajstić information content (AvgIpc) is 2.63. The van der Waals surface area contributed by atoms with Gasteiger partial charge in [-0.25, -0.2) is 0 Å². The number of fused-ring (bicyclic) bond motifs is 1. The Hall–Kier alpha value is -2.60. The van der Waals surface area contributed by atoms with Gasteiger partial charge < -0.3 is 0 Å². The first-order chi connectivity index (χ1) is 11.6. The highest BCUT2D eigenvalue weighted by molar-refractivity contribution is 5.82. The molecule has 3 aromatic rings. The van der Waals surface area contributed by atoms with E-state index >= 15 is 0 Å². The lowest BCUT2D eigenvalue weighted by Gasteiger charge is -2.02. The van der Waals surface area contributed by atoms with Crippen LogP contribution in [0.5, 0.6) is 0 Å². The Kier molecular flexibility index (Phi) is 8.29. The Morgan fingerprint density at radius 1 is 0.833 bits per heavy atom. The van der Waals surface area contributed by atoms with Gasteiger partial charge >= 0.3 is 0 Å². The van der Waals surface area contributed by atoms with Gasteiger partial charge in [0.05, 0.1) is 0 Å². The number of allylic oxidation sites excluding steroid dienone is 1. The van der Waals surface area contributed by atoms with Crippen LogP contribution in [-0.2, 0) is 0 Å². The summed E-state index contributed by atoms with van der Waals surface area (Å²) in [6.45, 7) is 15.7. The lowest BCUT2D eigenvalue weighted by Crippen LogP contribution is -1.82. The number of hydrogen-bond acceptors (Lipinski definition) is 0. The lowest BCUT2D eigenvalue weighted by molar-refractivity contribution is 1.50. The van der Waals surface area contributed by atoms with Crippen LogP contribution in [0.15, 0.2) is 79.9 Å². The number of benzene rings is 3. The van der Waals surface area contributed by atoms with Crippen molar-refractivity contribution in [3.8, 4) is 0 Å². The van der Waals surface area contributed by atoms with Crippen LogP contribution >= 0.6 is 0 Å². The second-order valence-corrected chi connectivity index (χ2v) is 5.42. The molecule has 0 saturated carbocycles. The van der Waals surface area contributed by atoms with Crippen molar-refractivity contribution in [2.45, 2.75) is 27.7 Å². The summed E-state index contributed by atoms with van der Waals surface area (Å²) in [4.78, 5) is 0. The van der Waals surface area contributed by atoms with E-state index < -0.39 is 0 Å². The van der Waals surface area contributed by atoms with Crippen molar-refractivity contribution in [2.75, 3.05) is 0 Å². The SMILES string of the molecule is C=Cc1ccccc1C(=C)C.CC.Cc1ccc2ccccc2c1. The molecule has 3 rings (SSSR count). The molecular weight excluding hydrogens is 288 g/mol. The fourth-order valence-electron chi connectivity index (χ4n) is 2.37. The Morgan fingerprint density at radius 2 is 1.42 bits per heavy atom. The molecule has 24 heavy (non-hydrogen) atoms. The summed E-state index contributed by atoms with van der Waals surface area (Å²) < 4.78 is 0. The zero-order valence-corrected chi connectivity index (χ0v) is 15.3. The minimum Gasteiger partial charge on any atom is -0.0984 e. The molecule has 0 heteroatoms. The molecule has 0 aliphatic rings. The molecule has 0 atom stereocenters. The van der Waals surface area contributed by atoms with Crippen molar-refractivity contribution in [1.82, 2.24) is 0 Å². The number of hydrogen-bond donors (Lipinski definition) is 0. The quantitative estimate of drug-likeness (QED) is 0.458. The van der Waals surface area contributed by atoms with Gasteiger partial charge in [-0.05, 0) is 35.7 Å². The molecule has 0 aliphatic heterocycles. The van der Waals surface area contributed by atoms with Crippen LogP contribution in [0.4, 0.5) is 0 Å². The van der Waals surface area contributed by atoms with Crippen molar-refractivity contribution in [3.05, 3.63) is 96.6 Å². The predicted octanol–water partition coefficient (Wildman–Crippen LogP) is 7.54. The van der Waals surface area contributed by atoms with Crippen molar-refractivity contribution in [1.29, 1.82) is 0 Å². The first kappa shape index (κ1) is 19.4. The molecule has 0 aromatic heterocycles. The largest absolute Gasteiger partial charge is 0.0984 e. The van der Waals surface area contributed by atoms with Gasteiger partial charge in [-0.2, -0.15) is 0 Å². The van der Waals surface area contributed by atoms with Gasteiger partial charge in [0, 0.05) is 0 Å². The predicted molar refractivity (Wildman–Crippen MR) is 111 cm³/mol. The molecule has 0 heterocycles. The van der Waals surface area contributed by atoms with Crippen molar-refractivity contribution < 1.29 is 0 Å². The van der Waals surface area contributed by atoms with Crippen LogP contribution in [0.25, 0.3) is 22.4 Å². The van der Waals surface area contributed by atoms with Crippen molar-refractivity contribution in [2.24, 2.45) is 0 Å². The maximum atomic E-state index is 3.89. The fraction of sp³-hybridized carbons (Fsp3) is 0.167. The summed E-state index contributed by atoms with van der Waals surface area (Å²) in [5.74, 6) is 0. The van der Waals surface area contributed by atoms with E-state index in [2.05, 4.69) is 68.6 Å². The first-order valence-electron chi connectivity index (χ1n) is 8.44. The highest BCUT2D eigenvalue weighted by Gasteiger charge is 1.96. The van der Waals surface area contributed by atoms with Gasteiger partial charge in [0.2, 0.25) is 0 Å². The Bertz CT molecular complexity index is 794. The standard InChI is InChI=1S/C11H10.C11H12.C2H6/c1-9-6-7-10-4-2-3-5-11(10)8-9;1-4-10-7-5-6-8-11(10)9(2)3;1-2/h2-8H,1H3;4-8H,1-2H2,3H3;1-2H3. The number of rotatable bonds is 2. The van der Waals surface area contributed by atoms with Crippen LogP contribution < -0.4 is 0 Å². The van der Waals surface area contributed by atoms with E-state index in [1.807, 2.05) is 45.0 Å². The molecule has 0 saturated heterocycles. The zero-order valence-electron chi connectivity index (χ0n) is 15.3. The van der Waals surface area contributed by atoms with E-state index in [0.29, 0.717) is 0 Å². The monoisotopic (exact) mass is 316 g/mol. The maximum Gasteiger partial charge on any atom is -0.0161 e. The van der Waals surface area contributed by atoms with Gasteiger partial charge in [0.15, 0.2) is 0 Å². The van der Waals surface area contributed by atoms with Crippen molar-refractivity contribution >= 4 is 22.4 Å². The second-order valence-electron chi connectivity index (χ2n) is 5.42. The van der Waals surface area contributed by atoms with E-state index in [1.54, 1.807) is 0 Å². The Labute approximate surface area is 147 Å². The summed E-state index contributed by atoms with van der Waals surface area (Å²) in [6, 6.07) is 23.0. The van der Waals surface area contributed by atoms with Crippen LogP contribution in [0.1, 0.15) is 37.5 Å². The van der Waals surface area contributed by atoms with Gasteiger partial charge in [0.25, 0.3) is 0 Å². The van der Waals surface area contributed by atoms with Gasteiger partial charge in [0.1, 0.15) is 0 Å². The van der Waals surface area contributed by atoms with Crippen LogP contribution in [-0.4, -0.2) is 0 Å². The molecule has 0 bridgehead atoms. The normalized spacial score (nSPS) is 9.17. The summed E-state index contributed by atoms with van der Waals surface area (Å²) >= 11 is 0. The minimum absolute atomic E-state index is 1.08. The van der Waals surface area contributed by atoms with E-state index in [-0.39, 0.29) is 0 Å². The Balaban J connectivity index is 0.000000218. The average molecular weight is 316 g/mol. The van der Waals surface area contributed by atoms with E-state index in [4.69, 9.17) is 0 Å². The molecule has 0 nitrogen and oxygen atoms in total. The van der Waals surface area contributed by atoms with Crippen LogP contribution in [0, 0.1) is 6.92 Å².